The first-order valence-corrected chi connectivity index (χ1v) is 8.53. The molecule has 0 unspecified atom stereocenters. The van der Waals surface area contributed by atoms with Crippen LogP contribution in [-0.4, -0.2) is 41.7 Å². The highest BCUT2D eigenvalue weighted by Crippen LogP contribution is 2.21. The summed E-state index contributed by atoms with van der Waals surface area (Å²) in [6.07, 6.45) is 2.89. The van der Waals surface area contributed by atoms with Gasteiger partial charge in [0, 0.05) is 31.0 Å². The van der Waals surface area contributed by atoms with Gasteiger partial charge in [-0.2, -0.15) is 12.7 Å². The zero-order valence-corrected chi connectivity index (χ0v) is 14.2. The molecule has 0 fully saturated rings. The summed E-state index contributed by atoms with van der Waals surface area (Å²) < 4.78 is 40.9. The van der Waals surface area contributed by atoms with Gasteiger partial charge < -0.3 is 0 Å². The van der Waals surface area contributed by atoms with E-state index in [0.717, 1.165) is 16.4 Å². The Morgan fingerprint density at radius 2 is 1.88 bits per heavy atom. The quantitative estimate of drug-likeness (QED) is 0.882. The molecule has 0 saturated carbocycles. The lowest BCUT2D eigenvalue weighted by molar-refractivity contribution is 0.0979. The molecule has 1 aromatic heterocycles. The van der Waals surface area contributed by atoms with E-state index < -0.39 is 21.9 Å². The first-order valence-electron chi connectivity index (χ1n) is 7.09. The molecule has 128 valence electrons. The second kappa shape index (κ2) is 7.02. The number of amides is 1. The SMILES string of the molecule is CC(C)N(C)S(=O)(=O)NC(=O)c1ccc(F)cc1-c1ncccn1. The molecule has 0 spiro atoms. The topological polar surface area (TPSA) is 92.3 Å². The smallest absolute Gasteiger partial charge is 0.268 e. The maximum Gasteiger partial charge on any atom is 0.304 e. The summed E-state index contributed by atoms with van der Waals surface area (Å²) in [5, 5.41) is 0. The Bertz CT molecular complexity index is 841. The highest BCUT2D eigenvalue weighted by Gasteiger charge is 2.25. The summed E-state index contributed by atoms with van der Waals surface area (Å²) in [4.78, 5) is 20.3. The zero-order valence-electron chi connectivity index (χ0n) is 13.4. The van der Waals surface area contributed by atoms with E-state index in [-0.39, 0.29) is 23.0 Å². The minimum absolute atomic E-state index is 0.0386. The molecule has 0 radical (unpaired) electrons. The van der Waals surface area contributed by atoms with Crippen LogP contribution in [0.25, 0.3) is 11.4 Å². The molecule has 1 amide bonds. The van der Waals surface area contributed by atoms with Gasteiger partial charge in [0.15, 0.2) is 5.82 Å². The second-order valence-electron chi connectivity index (χ2n) is 5.31. The molecule has 1 aromatic carbocycles. The van der Waals surface area contributed by atoms with Crippen LogP contribution in [0.5, 0.6) is 0 Å². The van der Waals surface area contributed by atoms with Crippen LogP contribution < -0.4 is 4.72 Å². The van der Waals surface area contributed by atoms with E-state index in [0.29, 0.717) is 0 Å². The Morgan fingerprint density at radius 1 is 1.25 bits per heavy atom. The number of aromatic nitrogens is 2. The molecular formula is C15H17FN4O3S. The van der Waals surface area contributed by atoms with Gasteiger partial charge in [-0.3, -0.25) is 4.79 Å². The molecule has 0 aliphatic heterocycles. The van der Waals surface area contributed by atoms with Crippen molar-refractivity contribution in [1.82, 2.24) is 19.0 Å². The molecule has 0 aliphatic carbocycles. The first-order chi connectivity index (χ1) is 11.2. The zero-order chi connectivity index (χ0) is 17.9. The molecular weight excluding hydrogens is 335 g/mol. The van der Waals surface area contributed by atoms with Gasteiger partial charge in [-0.1, -0.05) is 0 Å². The number of nitrogens with zero attached hydrogens (tertiary/aromatic N) is 3. The van der Waals surface area contributed by atoms with Crippen LogP contribution in [0.2, 0.25) is 0 Å². The van der Waals surface area contributed by atoms with Crippen LogP contribution in [-0.2, 0) is 10.2 Å². The van der Waals surface area contributed by atoms with Crippen LogP contribution in [0.3, 0.4) is 0 Å². The number of halogens is 1. The lowest BCUT2D eigenvalue weighted by Gasteiger charge is -2.21. The Hall–Kier alpha value is -2.39. The van der Waals surface area contributed by atoms with Crippen molar-refractivity contribution in [2.75, 3.05) is 7.05 Å². The fourth-order valence-electron chi connectivity index (χ4n) is 1.86. The molecule has 0 aliphatic rings. The van der Waals surface area contributed by atoms with E-state index in [4.69, 9.17) is 0 Å². The summed E-state index contributed by atoms with van der Waals surface area (Å²) in [6, 6.07) is 4.59. The Morgan fingerprint density at radius 3 is 2.46 bits per heavy atom. The summed E-state index contributed by atoms with van der Waals surface area (Å²) in [5.74, 6) is -1.35. The van der Waals surface area contributed by atoms with Crippen LogP contribution in [0.1, 0.15) is 24.2 Å². The van der Waals surface area contributed by atoms with Crippen molar-refractivity contribution in [2.24, 2.45) is 0 Å². The third kappa shape index (κ3) is 3.92. The average molecular weight is 352 g/mol. The predicted molar refractivity (Wildman–Crippen MR) is 86.7 cm³/mol. The molecule has 0 saturated heterocycles. The molecule has 24 heavy (non-hydrogen) atoms. The van der Waals surface area contributed by atoms with Gasteiger partial charge >= 0.3 is 10.2 Å². The van der Waals surface area contributed by atoms with Gasteiger partial charge in [-0.15, -0.1) is 0 Å². The molecule has 7 nitrogen and oxygen atoms in total. The van der Waals surface area contributed by atoms with Gasteiger partial charge in [0.05, 0.1) is 5.56 Å². The third-order valence-corrected chi connectivity index (χ3v) is 4.98. The molecule has 0 atom stereocenters. The van der Waals surface area contributed by atoms with E-state index in [1.807, 2.05) is 4.72 Å². The monoisotopic (exact) mass is 352 g/mol. The fraction of sp³-hybridized carbons (Fsp3) is 0.267. The fourth-order valence-corrected chi connectivity index (χ4v) is 2.90. The van der Waals surface area contributed by atoms with Crippen LogP contribution in [0.15, 0.2) is 36.7 Å². The Kier molecular flexibility index (Phi) is 5.25. The van der Waals surface area contributed by atoms with Crippen molar-refractivity contribution in [2.45, 2.75) is 19.9 Å². The average Bonchev–Trinajstić information content (AvgIpc) is 2.54. The minimum Gasteiger partial charge on any atom is -0.268 e. The highest BCUT2D eigenvalue weighted by atomic mass is 32.2. The Labute approximate surface area is 139 Å². The van der Waals surface area contributed by atoms with Gasteiger partial charge in [-0.05, 0) is 38.1 Å². The van der Waals surface area contributed by atoms with Crippen molar-refractivity contribution < 1.29 is 17.6 Å². The standard InChI is InChI=1S/C15H17FN4O3S/c1-10(2)20(3)24(22,23)19-15(21)12-6-5-11(16)9-13(12)14-17-7-4-8-18-14/h4-10H,1-3H3,(H,19,21). The normalized spacial score (nSPS) is 11.8. The second-order valence-corrected chi connectivity index (χ2v) is 7.04. The number of hydrogen-bond donors (Lipinski definition) is 1. The number of rotatable bonds is 5. The summed E-state index contributed by atoms with van der Waals surface area (Å²) in [7, 11) is -2.66. The van der Waals surface area contributed by atoms with Crippen LogP contribution >= 0.6 is 0 Å². The van der Waals surface area contributed by atoms with Crippen molar-refractivity contribution >= 4 is 16.1 Å². The first kappa shape index (κ1) is 18.0. The number of nitrogens with one attached hydrogen (secondary N) is 1. The molecule has 1 heterocycles. The van der Waals surface area contributed by atoms with Gasteiger partial charge in [0.2, 0.25) is 0 Å². The molecule has 2 rings (SSSR count). The van der Waals surface area contributed by atoms with Crippen molar-refractivity contribution in [3.05, 3.63) is 48.0 Å². The molecule has 2 aromatic rings. The number of carbonyl (C=O) groups is 1. The number of benzene rings is 1. The van der Waals surface area contributed by atoms with Crippen LogP contribution in [0.4, 0.5) is 4.39 Å². The van der Waals surface area contributed by atoms with E-state index in [9.17, 15) is 17.6 Å². The van der Waals surface area contributed by atoms with Gasteiger partial charge in [-0.25, -0.2) is 19.1 Å². The van der Waals surface area contributed by atoms with Crippen molar-refractivity contribution in [3.8, 4) is 11.4 Å². The molecule has 9 heteroatoms. The van der Waals surface area contributed by atoms with Gasteiger partial charge in [0.1, 0.15) is 5.82 Å². The molecule has 0 bridgehead atoms. The Balaban J connectivity index is 2.41. The van der Waals surface area contributed by atoms with E-state index >= 15 is 0 Å². The highest BCUT2D eigenvalue weighted by molar-refractivity contribution is 7.87. The van der Waals surface area contributed by atoms with Crippen LogP contribution in [0, 0.1) is 5.82 Å². The summed E-state index contributed by atoms with van der Waals surface area (Å²) in [6.45, 7) is 3.34. The largest absolute Gasteiger partial charge is 0.304 e. The lowest BCUT2D eigenvalue weighted by atomic mass is 10.1. The number of carbonyl (C=O) groups excluding carboxylic acids is 1. The van der Waals surface area contributed by atoms with E-state index in [2.05, 4.69) is 9.97 Å². The lowest BCUT2D eigenvalue weighted by Crippen LogP contribution is -2.44. The van der Waals surface area contributed by atoms with Crippen molar-refractivity contribution in [1.29, 1.82) is 0 Å². The van der Waals surface area contributed by atoms with Gasteiger partial charge in [0.25, 0.3) is 5.91 Å². The minimum atomic E-state index is -4.02. The predicted octanol–water partition coefficient (Wildman–Crippen LogP) is 1.60. The maximum absolute atomic E-state index is 13.6. The van der Waals surface area contributed by atoms with E-state index in [1.54, 1.807) is 19.9 Å². The summed E-state index contributed by atoms with van der Waals surface area (Å²) >= 11 is 0. The van der Waals surface area contributed by atoms with Crippen molar-refractivity contribution in [3.63, 3.8) is 0 Å². The number of hydrogen-bond acceptors (Lipinski definition) is 5. The summed E-state index contributed by atoms with van der Waals surface area (Å²) in [5.41, 5.74) is 0.0684. The third-order valence-electron chi connectivity index (χ3n) is 3.36. The molecule has 1 N–H and O–H groups in total. The maximum atomic E-state index is 13.6. The van der Waals surface area contributed by atoms with E-state index in [1.165, 1.54) is 25.5 Å².